The van der Waals surface area contributed by atoms with Crippen LogP contribution in [0.15, 0.2) is 29.2 Å². The minimum atomic E-state index is -0.307. The lowest BCUT2D eigenvalue weighted by Crippen LogP contribution is -2.45. The third kappa shape index (κ3) is 3.21. The molecule has 1 aromatic carbocycles. The first-order valence-corrected chi connectivity index (χ1v) is 7.22. The molecule has 0 amide bonds. The highest BCUT2D eigenvalue weighted by molar-refractivity contribution is 7.98. The molecule has 0 bridgehead atoms. The second-order valence-electron chi connectivity index (χ2n) is 4.23. The van der Waals surface area contributed by atoms with Crippen LogP contribution in [0.4, 0.5) is 4.39 Å². The van der Waals surface area contributed by atoms with E-state index in [1.54, 1.807) is 11.8 Å². The van der Waals surface area contributed by atoms with Crippen LogP contribution in [0.2, 0.25) is 0 Å². The molecule has 0 unspecified atom stereocenters. The van der Waals surface area contributed by atoms with Gasteiger partial charge >= 0.3 is 0 Å². The highest BCUT2D eigenvalue weighted by Gasteiger charge is 2.21. The first kappa shape index (κ1) is 12.9. The van der Waals surface area contributed by atoms with Crippen LogP contribution >= 0.6 is 11.8 Å². The number of nitrogens with zero attached hydrogens (tertiary/aromatic N) is 1. The van der Waals surface area contributed by atoms with Gasteiger partial charge in [0.25, 0.3) is 0 Å². The largest absolute Gasteiger partial charge is 0.314 e. The van der Waals surface area contributed by atoms with E-state index in [4.69, 9.17) is 0 Å². The molecule has 1 heterocycles. The third-order valence-electron chi connectivity index (χ3n) is 3.24. The molecule has 1 N–H and O–H groups in total. The maximum absolute atomic E-state index is 13.2. The van der Waals surface area contributed by atoms with Gasteiger partial charge in [-0.25, -0.2) is 4.39 Å². The van der Waals surface area contributed by atoms with E-state index in [2.05, 4.69) is 40.7 Å². The predicted molar refractivity (Wildman–Crippen MR) is 71.4 cm³/mol. The molecule has 1 aromatic rings. The number of benzene rings is 1. The van der Waals surface area contributed by atoms with Gasteiger partial charge in [0, 0.05) is 31.1 Å². The maximum Gasteiger partial charge on any atom is 0.109 e. The Labute approximate surface area is 107 Å². The number of hydrogen-bond donors (Lipinski definition) is 1. The van der Waals surface area contributed by atoms with Gasteiger partial charge in [-0.05, 0) is 24.0 Å². The number of rotatable bonds is 4. The van der Waals surface area contributed by atoms with Gasteiger partial charge in [0.05, 0.1) is 6.04 Å². The average Bonchev–Trinajstić information content (AvgIpc) is 2.42. The molecule has 0 saturated carbocycles. The monoisotopic (exact) mass is 254 g/mol. The van der Waals surface area contributed by atoms with Crippen molar-refractivity contribution in [2.24, 2.45) is 0 Å². The van der Waals surface area contributed by atoms with Gasteiger partial charge in [0.1, 0.15) is 6.67 Å². The zero-order valence-electron chi connectivity index (χ0n) is 10.2. The van der Waals surface area contributed by atoms with E-state index in [0.29, 0.717) is 0 Å². The number of halogens is 1. The summed E-state index contributed by atoms with van der Waals surface area (Å²) in [5.41, 5.74) is 1.09. The van der Waals surface area contributed by atoms with Crippen molar-refractivity contribution in [3.63, 3.8) is 0 Å². The minimum absolute atomic E-state index is 0.0759. The summed E-state index contributed by atoms with van der Waals surface area (Å²) in [6.45, 7) is 3.47. The van der Waals surface area contributed by atoms with Crippen LogP contribution in [0, 0.1) is 0 Å². The van der Waals surface area contributed by atoms with Crippen molar-refractivity contribution in [2.75, 3.05) is 39.1 Å². The Bertz CT molecular complexity index is 336. The molecule has 1 aliphatic rings. The molecule has 1 aliphatic heterocycles. The zero-order chi connectivity index (χ0) is 12.1. The first-order chi connectivity index (χ1) is 8.35. The summed E-state index contributed by atoms with van der Waals surface area (Å²) >= 11 is 1.72. The van der Waals surface area contributed by atoms with Gasteiger partial charge in [-0.2, -0.15) is 0 Å². The second-order valence-corrected chi connectivity index (χ2v) is 5.11. The van der Waals surface area contributed by atoms with Crippen molar-refractivity contribution in [1.82, 2.24) is 10.2 Å². The Morgan fingerprint density at radius 1 is 1.29 bits per heavy atom. The van der Waals surface area contributed by atoms with E-state index in [9.17, 15) is 4.39 Å². The van der Waals surface area contributed by atoms with Gasteiger partial charge in [-0.1, -0.05) is 12.1 Å². The van der Waals surface area contributed by atoms with Gasteiger partial charge in [-0.15, -0.1) is 11.8 Å². The van der Waals surface area contributed by atoms with Crippen LogP contribution < -0.4 is 5.32 Å². The van der Waals surface area contributed by atoms with Crippen LogP contribution in [0.5, 0.6) is 0 Å². The summed E-state index contributed by atoms with van der Waals surface area (Å²) in [5, 5.41) is 3.30. The topological polar surface area (TPSA) is 15.3 Å². The number of hydrogen-bond acceptors (Lipinski definition) is 3. The zero-order valence-corrected chi connectivity index (χ0v) is 11.0. The first-order valence-electron chi connectivity index (χ1n) is 6.00. The Morgan fingerprint density at radius 2 is 1.94 bits per heavy atom. The van der Waals surface area contributed by atoms with E-state index in [1.807, 2.05) is 0 Å². The summed E-state index contributed by atoms with van der Waals surface area (Å²) in [6.07, 6.45) is 2.05. The lowest BCUT2D eigenvalue weighted by atomic mass is 10.1. The molecule has 0 aliphatic carbocycles. The van der Waals surface area contributed by atoms with E-state index in [-0.39, 0.29) is 12.7 Å². The van der Waals surface area contributed by atoms with Crippen molar-refractivity contribution in [3.8, 4) is 0 Å². The molecule has 0 radical (unpaired) electrons. The minimum Gasteiger partial charge on any atom is -0.314 e. The second kappa shape index (κ2) is 6.38. The van der Waals surface area contributed by atoms with Gasteiger partial charge in [0.2, 0.25) is 0 Å². The fraction of sp³-hybridized carbons (Fsp3) is 0.538. The van der Waals surface area contributed by atoms with Crippen LogP contribution in [-0.2, 0) is 0 Å². The summed E-state index contributed by atoms with van der Waals surface area (Å²) in [6, 6.07) is 8.18. The molecule has 4 heteroatoms. The summed E-state index contributed by atoms with van der Waals surface area (Å²) in [5.74, 6) is 0. The number of piperazine rings is 1. The van der Waals surface area contributed by atoms with Crippen LogP contribution in [-0.4, -0.2) is 44.0 Å². The molecule has 94 valence electrons. The van der Waals surface area contributed by atoms with Crippen molar-refractivity contribution >= 4 is 11.8 Å². The summed E-state index contributed by atoms with van der Waals surface area (Å²) in [7, 11) is 0. The quantitative estimate of drug-likeness (QED) is 0.830. The van der Waals surface area contributed by atoms with Crippen molar-refractivity contribution in [2.45, 2.75) is 10.9 Å². The molecule has 2 nitrogen and oxygen atoms in total. The van der Waals surface area contributed by atoms with Crippen LogP contribution in [0.25, 0.3) is 0 Å². The van der Waals surface area contributed by atoms with Gasteiger partial charge < -0.3 is 5.32 Å². The third-order valence-corrected chi connectivity index (χ3v) is 3.98. The summed E-state index contributed by atoms with van der Waals surface area (Å²) < 4.78 is 13.2. The fourth-order valence-electron chi connectivity index (χ4n) is 2.22. The SMILES string of the molecule is CSc1ccc([C@@H](CF)N2CCNCC2)cc1. The van der Waals surface area contributed by atoms with E-state index in [1.165, 1.54) is 4.90 Å². The normalized spacial score (nSPS) is 19.2. The van der Waals surface area contributed by atoms with E-state index >= 15 is 0 Å². The van der Waals surface area contributed by atoms with Crippen LogP contribution in [0.1, 0.15) is 11.6 Å². The summed E-state index contributed by atoms with van der Waals surface area (Å²) in [4.78, 5) is 3.46. The predicted octanol–water partition coefficient (Wildman–Crippen LogP) is 2.32. The molecule has 2 rings (SSSR count). The smallest absolute Gasteiger partial charge is 0.109 e. The lowest BCUT2D eigenvalue weighted by molar-refractivity contribution is 0.147. The Morgan fingerprint density at radius 3 is 2.47 bits per heavy atom. The molecule has 0 spiro atoms. The van der Waals surface area contributed by atoms with Gasteiger partial charge in [-0.3, -0.25) is 4.90 Å². The molecule has 1 atom stereocenters. The van der Waals surface area contributed by atoms with E-state index < -0.39 is 0 Å². The van der Waals surface area contributed by atoms with Crippen molar-refractivity contribution < 1.29 is 4.39 Å². The molecule has 1 fully saturated rings. The molecular weight excluding hydrogens is 235 g/mol. The lowest BCUT2D eigenvalue weighted by Gasteiger charge is -2.33. The Balaban J connectivity index is 2.10. The molecule has 1 saturated heterocycles. The van der Waals surface area contributed by atoms with Crippen LogP contribution in [0.3, 0.4) is 0 Å². The van der Waals surface area contributed by atoms with Gasteiger partial charge in [0.15, 0.2) is 0 Å². The molecule has 0 aromatic heterocycles. The maximum atomic E-state index is 13.2. The van der Waals surface area contributed by atoms with Crippen molar-refractivity contribution in [1.29, 1.82) is 0 Å². The Hall–Kier alpha value is -0.580. The average molecular weight is 254 g/mol. The van der Waals surface area contributed by atoms with Crippen molar-refractivity contribution in [3.05, 3.63) is 29.8 Å². The number of alkyl halides is 1. The number of thioether (sulfide) groups is 1. The Kier molecular flexibility index (Phi) is 4.83. The standard InChI is InChI=1S/C13H19FN2S/c1-17-12-4-2-11(3-5-12)13(10-14)16-8-6-15-7-9-16/h2-5,13,15H,6-10H2,1H3/t13-/m1/s1. The molecular formula is C13H19FN2S. The highest BCUT2D eigenvalue weighted by atomic mass is 32.2. The highest BCUT2D eigenvalue weighted by Crippen LogP contribution is 2.24. The molecule has 17 heavy (non-hydrogen) atoms. The van der Waals surface area contributed by atoms with E-state index in [0.717, 1.165) is 31.7 Å². The number of nitrogens with one attached hydrogen (secondary N) is 1. The fourth-order valence-corrected chi connectivity index (χ4v) is 2.63.